The van der Waals surface area contributed by atoms with Crippen LogP contribution in [0, 0.1) is 13.8 Å². The number of hydrogen-bond acceptors (Lipinski definition) is 6. The second-order valence-electron chi connectivity index (χ2n) is 7.30. The molecule has 1 aromatic heterocycles. The second kappa shape index (κ2) is 8.48. The molecular weight excluding hydrogens is 338 g/mol. The molecule has 0 unspecified atom stereocenters. The number of aromatic nitrogens is 2. The highest BCUT2D eigenvalue weighted by atomic mass is 16.5. The molecule has 0 saturated carbocycles. The minimum atomic E-state index is 0.649. The van der Waals surface area contributed by atoms with Crippen LogP contribution in [0.5, 0.6) is 0 Å². The van der Waals surface area contributed by atoms with Crippen LogP contribution < -0.4 is 4.90 Å². The molecule has 0 bridgehead atoms. The topological polar surface area (TPSA) is 53.9 Å². The summed E-state index contributed by atoms with van der Waals surface area (Å²) in [7, 11) is 4.13. The third-order valence-electron chi connectivity index (χ3n) is 4.70. The number of ether oxygens (including phenoxy) is 1. The Morgan fingerprint density at radius 3 is 2.85 bits per heavy atom. The van der Waals surface area contributed by atoms with Gasteiger partial charge in [-0.1, -0.05) is 17.7 Å². The summed E-state index contributed by atoms with van der Waals surface area (Å²) in [6.07, 6.45) is 3.60. The number of benzene rings is 1. The molecule has 0 spiro atoms. The summed E-state index contributed by atoms with van der Waals surface area (Å²) in [5, 5.41) is 0. The number of hydrogen-bond donors (Lipinski definition) is 0. The fourth-order valence-corrected chi connectivity index (χ4v) is 3.32. The van der Waals surface area contributed by atoms with Gasteiger partial charge < -0.3 is 14.5 Å². The zero-order valence-electron chi connectivity index (χ0n) is 17.0. The Morgan fingerprint density at radius 2 is 2.07 bits per heavy atom. The normalized spacial score (nSPS) is 14.0. The van der Waals surface area contributed by atoms with Crippen LogP contribution >= 0.6 is 0 Å². The summed E-state index contributed by atoms with van der Waals surface area (Å²) in [5.74, 6) is 1.50. The Morgan fingerprint density at radius 1 is 1.26 bits per heavy atom. The molecule has 27 heavy (non-hydrogen) atoms. The summed E-state index contributed by atoms with van der Waals surface area (Å²) in [6.45, 7) is 8.55. The van der Waals surface area contributed by atoms with Gasteiger partial charge in [-0.25, -0.2) is 15.0 Å². The Kier molecular flexibility index (Phi) is 6.06. The molecule has 0 saturated heterocycles. The van der Waals surface area contributed by atoms with Crippen LogP contribution in [0.15, 0.2) is 29.5 Å². The number of nitrogens with zero attached hydrogens (tertiary/aromatic N) is 5. The van der Waals surface area contributed by atoms with Gasteiger partial charge in [-0.05, 0) is 52.4 Å². The summed E-state index contributed by atoms with van der Waals surface area (Å²) < 4.78 is 5.80. The van der Waals surface area contributed by atoms with E-state index in [9.17, 15) is 0 Å². The summed E-state index contributed by atoms with van der Waals surface area (Å²) in [4.78, 5) is 18.0. The molecule has 144 valence electrons. The summed E-state index contributed by atoms with van der Waals surface area (Å²) >= 11 is 0. The van der Waals surface area contributed by atoms with Crippen LogP contribution in [0.2, 0.25) is 0 Å². The number of aliphatic imine (C=N–C) groups is 1. The van der Waals surface area contributed by atoms with E-state index in [1.54, 1.807) is 6.33 Å². The van der Waals surface area contributed by atoms with Gasteiger partial charge in [0, 0.05) is 25.7 Å². The van der Waals surface area contributed by atoms with E-state index >= 15 is 0 Å². The molecule has 1 aliphatic rings. The number of aryl methyl sites for hydroxylation is 2. The van der Waals surface area contributed by atoms with E-state index in [1.807, 2.05) is 13.8 Å². The average molecular weight is 367 g/mol. The Hall–Kier alpha value is -2.47. The van der Waals surface area contributed by atoms with E-state index in [-0.39, 0.29) is 0 Å². The summed E-state index contributed by atoms with van der Waals surface area (Å²) in [5.41, 5.74) is 5.50. The predicted molar refractivity (Wildman–Crippen MR) is 111 cm³/mol. The van der Waals surface area contributed by atoms with Crippen molar-refractivity contribution in [2.45, 2.75) is 33.6 Å². The van der Waals surface area contributed by atoms with Crippen molar-refractivity contribution >= 4 is 23.1 Å². The van der Waals surface area contributed by atoms with Gasteiger partial charge in [-0.2, -0.15) is 0 Å². The van der Waals surface area contributed by atoms with Crippen LogP contribution in [-0.4, -0.2) is 54.6 Å². The summed E-state index contributed by atoms with van der Waals surface area (Å²) in [6, 6.07) is 6.58. The van der Waals surface area contributed by atoms with E-state index in [2.05, 4.69) is 59.0 Å². The quantitative estimate of drug-likeness (QED) is 0.441. The molecule has 0 aliphatic carbocycles. The van der Waals surface area contributed by atoms with Gasteiger partial charge in [-0.3, -0.25) is 0 Å². The molecule has 1 aromatic carbocycles. The van der Waals surface area contributed by atoms with Crippen molar-refractivity contribution in [3.05, 3.63) is 41.3 Å². The van der Waals surface area contributed by atoms with Crippen molar-refractivity contribution < 1.29 is 4.74 Å². The zero-order valence-corrected chi connectivity index (χ0v) is 17.0. The molecule has 0 radical (unpaired) electrons. The lowest BCUT2D eigenvalue weighted by molar-refractivity contribution is 0.270. The molecule has 0 amide bonds. The minimum absolute atomic E-state index is 0.649. The Bertz CT molecular complexity index is 831. The van der Waals surface area contributed by atoms with Crippen molar-refractivity contribution in [3.8, 4) is 0 Å². The van der Waals surface area contributed by atoms with E-state index in [0.29, 0.717) is 12.5 Å². The van der Waals surface area contributed by atoms with Gasteiger partial charge in [0.2, 0.25) is 0 Å². The van der Waals surface area contributed by atoms with Crippen LogP contribution in [0.25, 0.3) is 0 Å². The highest BCUT2D eigenvalue weighted by Crippen LogP contribution is 2.39. The van der Waals surface area contributed by atoms with Gasteiger partial charge in [0.15, 0.2) is 11.7 Å². The first kappa shape index (κ1) is 19.3. The van der Waals surface area contributed by atoms with E-state index < -0.39 is 0 Å². The number of anilines is 2. The van der Waals surface area contributed by atoms with Crippen LogP contribution in [0.4, 0.5) is 17.2 Å². The van der Waals surface area contributed by atoms with Crippen molar-refractivity contribution in [2.75, 3.05) is 38.7 Å². The van der Waals surface area contributed by atoms with Crippen LogP contribution in [-0.2, 0) is 11.2 Å². The Labute approximate surface area is 161 Å². The third kappa shape index (κ3) is 4.63. The molecular formula is C21H29N5O. The predicted octanol–water partition coefficient (Wildman–Crippen LogP) is 3.81. The lowest BCUT2D eigenvalue weighted by atomic mass is 10.1. The monoisotopic (exact) mass is 367 g/mol. The molecule has 2 heterocycles. The molecule has 0 atom stereocenters. The lowest BCUT2D eigenvalue weighted by Crippen LogP contribution is -2.16. The maximum atomic E-state index is 5.80. The van der Waals surface area contributed by atoms with E-state index in [4.69, 9.17) is 9.73 Å². The SMILES string of the molecule is C/C(=N\c1c(C)ncnc1N1CCc2cc(C)ccc21)OCCCN(C)C. The van der Waals surface area contributed by atoms with Gasteiger partial charge in [0.1, 0.15) is 12.0 Å². The van der Waals surface area contributed by atoms with Crippen molar-refractivity contribution in [1.29, 1.82) is 0 Å². The molecule has 0 N–H and O–H groups in total. The highest BCUT2D eigenvalue weighted by Gasteiger charge is 2.24. The van der Waals surface area contributed by atoms with Crippen molar-refractivity contribution in [3.63, 3.8) is 0 Å². The first-order valence-corrected chi connectivity index (χ1v) is 9.47. The first-order valence-electron chi connectivity index (χ1n) is 9.47. The average Bonchev–Trinajstić information content (AvgIpc) is 3.03. The molecule has 3 rings (SSSR count). The maximum Gasteiger partial charge on any atom is 0.185 e. The molecule has 6 heteroatoms. The fraction of sp³-hybridized carbons (Fsp3) is 0.476. The smallest absolute Gasteiger partial charge is 0.185 e. The number of rotatable bonds is 6. The van der Waals surface area contributed by atoms with Gasteiger partial charge in [0.25, 0.3) is 0 Å². The number of fused-ring (bicyclic) bond motifs is 1. The maximum absolute atomic E-state index is 5.80. The van der Waals surface area contributed by atoms with Crippen molar-refractivity contribution in [1.82, 2.24) is 14.9 Å². The van der Waals surface area contributed by atoms with Gasteiger partial charge in [0.05, 0.1) is 12.3 Å². The molecule has 0 fully saturated rings. The minimum Gasteiger partial charge on any atom is -0.481 e. The van der Waals surface area contributed by atoms with Crippen LogP contribution in [0.1, 0.15) is 30.2 Å². The molecule has 2 aromatic rings. The standard InChI is InChI=1S/C21H29N5O/c1-15-7-8-19-18(13-15)9-11-26(19)21-20(16(2)22-14-23-21)24-17(3)27-12-6-10-25(4)5/h7-8,13-14H,6,9-12H2,1-5H3/b24-17+. The van der Waals surface area contributed by atoms with Gasteiger partial charge in [-0.15, -0.1) is 0 Å². The first-order chi connectivity index (χ1) is 13.0. The van der Waals surface area contributed by atoms with Gasteiger partial charge >= 0.3 is 0 Å². The zero-order chi connectivity index (χ0) is 19.4. The second-order valence-corrected chi connectivity index (χ2v) is 7.30. The highest BCUT2D eigenvalue weighted by molar-refractivity contribution is 5.83. The lowest BCUT2D eigenvalue weighted by Gasteiger charge is -2.21. The van der Waals surface area contributed by atoms with E-state index in [1.165, 1.54) is 16.8 Å². The van der Waals surface area contributed by atoms with E-state index in [0.717, 1.165) is 43.1 Å². The molecule has 1 aliphatic heterocycles. The largest absolute Gasteiger partial charge is 0.481 e. The Balaban J connectivity index is 1.83. The fourth-order valence-electron chi connectivity index (χ4n) is 3.32. The molecule has 6 nitrogen and oxygen atoms in total. The third-order valence-corrected chi connectivity index (χ3v) is 4.70. The van der Waals surface area contributed by atoms with Crippen LogP contribution in [0.3, 0.4) is 0 Å². The van der Waals surface area contributed by atoms with Crippen molar-refractivity contribution in [2.24, 2.45) is 4.99 Å².